The smallest absolute Gasteiger partial charge is 0.419 e. The number of carbonyl (C=O) groups is 1. The van der Waals surface area contributed by atoms with Gasteiger partial charge in [0.25, 0.3) is 0 Å². The molecule has 1 N–H and O–H groups in total. The minimum absolute atomic E-state index is 0.143. The number of nitrogens with zero attached hydrogens (tertiary/aromatic N) is 5. The molecule has 8 heterocycles. The van der Waals surface area contributed by atoms with E-state index in [9.17, 15) is 14.4 Å². The predicted octanol–water partition coefficient (Wildman–Crippen LogP) is 8.07. The lowest BCUT2D eigenvalue weighted by atomic mass is 9.94. The summed E-state index contributed by atoms with van der Waals surface area (Å²) in [6.45, 7) is 10.5. The molecule has 2 unspecified atom stereocenters. The zero-order valence-corrected chi connectivity index (χ0v) is 39.9. The number of H-pyrrole nitrogens is 1. The van der Waals surface area contributed by atoms with Crippen molar-refractivity contribution in [2.24, 2.45) is 0 Å². The molecule has 16 heteroatoms. The molecule has 0 aliphatic carbocycles. The van der Waals surface area contributed by atoms with Crippen LogP contribution in [0.4, 0.5) is 4.79 Å². The molecule has 4 aliphatic heterocycles. The van der Waals surface area contributed by atoms with Crippen molar-refractivity contribution in [1.82, 2.24) is 28.7 Å². The molecule has 2 fully saturated rings. The fourth-order valence-electron chi connectivity index (χ4n) is 9.61. The summed E-state index contributed by atoms with van der Waals surface area (Å²) in [4.78, 5) is 50.5. The van der Waals surface area contributed by atoms with Crippen LogP contribution in [-0.2, 0) is 49.6 Å². The molecule has 364 valence electrons. The van der Waals surface area contributed by atoms with E-state index in [0.717, 1.165) is 73.4 Å². The standard InChI is InChI=1S/C30H31N3O6.C25H23N3O4/c1-30(2,3)39-29(35)33-24-7-5-4-6-20(24)15-25(33)21-8-9-23-19(14-21)10-11-32-26(23)16-27(31-28(32)34)38-18-22-17-36-12-13-37-22;29-25-27-24(32-15-19-14-30-9-10-31-19)13-23-20-6-5-18(11-16(20)7-8-28(23)25)22-12-17-3-1-2-4-21(17)26-22/h4-9,14-16,22H,10-13,17-18H2,1-3H3;1-6,11-13,19,26H,7-10,14-15H2. The minimum Gasteiger partial charge on any atom is -0.475 e. The second-order valence-electron chi connectivity index (χ2n) is 19.0. The Morgan fingerprint density at radius 3 is 1.79 bits per heavy atom. The van der Waals surface area contributed by atoms with Crippen LogP contribution in [0.25, 0.3) is 66.8 Å². The van der Waals surface area contributed by atoms with Crippen LogP contribution in [0.1, 0.15) is 31.9 Å². The third-order valence-electron chi connectivity index (χ3n) is 13.0. The Bertz CT molecular complexity index is 3370. The first kappa shape index (κ1) is 46.0. The molecule has 0 spiro atoms. The average molecular weight is 959 g/mol. The highest BCUT2D eigenvalue weighted by Gasteiger charge is 2.26. The first-order valence-corrected chi connectivity index (χ1v) is 24.1. The lowest BCUT2D eigenvalue weighted by molar-refractivity contribution is -0.102. The van der Waals surface area contributed by atoms with Crippen molar-refractivity contribution < 1.29 is 38.0 Å². The Balaban J connectivity index is 0.000000157. The number of benzene rings is 4. The third-order valence-corrected chi connectivity index (χ3v) is 13.0. The number of aromatic amines is 1. The number of aromatic nitrogens is 6. The molecule has 0 saturated carbocycles. The van der Waals surface area contributed by atoms with Crippen molar-refractivity contribution in [3.05, 3.63) is 141 Å². The van der Waals surface area contributed by atoms with Gasteiger partial charge in [-0.05, 0) is 92.3 Å². The number of carbonyl (C=O) groups excluding carboxylic acids is 1. The van der Waals surface area contributed by atoms with Crippen LogP contribution in [0.3, 0.4) is 0 Å². The summed E-state index contributed by atoms with van der Waals surface area (Å²) in [6.07, 6.45) is 0.693. The zero-order chi connectivity index (χ0) is 48.6. The molecular formula is C55H54N6O10. The molecule has 4 aromatic carbocycles. The second-order valence-corrected chi connectivity index (χ2v) is 19.0. The molecule has 0 radical (unpaired) electrons. The first-order valence-electron chi connectivity index (χ1n) is 24.1. The molecule has 2 saturated heterocycles. The van der Waals surface area contributed by atoms with E-state index in [1.54, 1.807) is 19.8 Å². The van der Waals surface area contributed by atoms with Crippen molar-refractivity contribution in [3.63, 3.8) is 0 Å². The summed E-state index contributed by atoms with van der Waals surface area (Å²) in [7, 11) is 0. The number of ether oxygens (including phenoxy) is 7. The fraction of sp³-hybridized carbons (Fsp3) is 0.327. The van der Waals surface area contributed by atoms with Gasteiger partial charge in [0.15, 0.2) is 0 Å². The number of hydrogen-bond acceptors (Lipinski definition) is 12. The van der Waals surface area contributed by atoms with Gasteiger partial charge in [0.2, 0.25) is 11.8 Å². The summed E-state index contributed by atoms with van der Waals surface area (Å²) >= 11 is 0. The largest absolute Gasteiger partial charge is 0.475 e. The van der Waals surface area contributed by atoms with E-state index in [0.29, 0.717) is 71.6 Å². The minimum atomic E-state index is -0.628. The number of nitrogens with one attached hydrogen (secondary N) is 1. The maximum atomic E-state index is 13.3. The normalized spacial score (nSPS) is 17.3. The van der Waals surface area contributed by atoms with Crippen LogP contribution in [0.2, 0.25) is 0 Å². The number of hydrogen-bond donors (Lipinski definition) is 1. The molecule has 16 nitrogen and oxygen atoms in total. The van der Waals surface area contributed by atoms with Crippen LogP contribution in [-0.4, -0.2) is 105 Å². The maximum absolute atomic E-state index is 13.3. The molecule has 12 rings (SSSR count). The highest BCUT2D eigenvalue weighted by molar-refractivity contribution is 5.96. The van der Waals surface area contributed by atoms with Crippen molar-refractivity contribution in [1.29, 1.82) is 0 Å². The van der Waals surface area contributed by atoms with Crippen molar-refractivity contribution in [2.45, 2.75) is 64.5 Å². The Morgan fingerprint density at radius 1 is 0.648 bits per heavy atom. The molecule has 4 aliphatic rings. The third kappa shape index (κ3) is 9.75. The summed E-state index contributed by atoms with van der Waals surface area (Å²) in [6, 6.07) is 36.3. The Kier molecular flexibility index (Phi) is 12.6. The van der Waals surface area contributed by atoms with Gasteiger partial charge < -0.3 is 38.1 Å². The van der Waals surface area contributed by atoms with Gasteiger partial charge in [0.05, 0.1) is 62.2 Å². The van der Waals surface area contributed by atoms with Crippen molar-refractivity contribution in [2.75, 3.05) is 52.9 Å². The van der Waals surface area contributed by atoms with E-state index in [1.165, 1.54) is 10.9 Å². The van der Waals surface area contributed by atoms with Gasteiger partial charge in [-0.25, -0.2) is 19.0 Å². The fourth-order valence-corrected chi connectivity index (χ4v) is 9.61. The summed E-state index contributed by atoms with van der Waals surface area (Å²) in [5.74, 6) is 0.588. The van der Waals surface area contributed by atoms with Crippen molar-refractivity contribution in [3.8, 4) is 56.8 Å². The second kappa shape index (κ2) is 19.4. The number of aryl methyl sites for hydroxylation is 2. The number of rotatable bonds is 8. The summed E-state index contributed by atoms with van der Waals surface area (Å²) < 4.78 is 44.5. The van der Waals surface area contributed by atoms with Gasteiger partial charge in [0, 0.05) is 58.3 Å². The molecule has 0 amide bonds. The highest BCUT2D eigenvalue weighted by Crippen LogP contribution is 2.37. The van der Waals surface area contributed by atoms with Crippen LogP contribution in [0.5, 0.6) is 11.8 Å². The highest BCUT2D eigenvalue weighted by atomic mass is 16.6. The van der Waals surface area contributed by atoms with E-state index in [2.05, 4.69) is 57.4 Å². The lowest BCUT2D eigenvalue weighted by Gasteiger charge is -2.24. The van der Waals surface area contributed by atoms with E-state index in [4.69, 9.17) is 33.2 Å². The van der Waals surface area contributed by atoms with Crippen LogP contribution >= 0.6 is 0 Å². The molecular weight excluding hydrogens is 905 g/mol. The predicted molar refractivity (Wildman–Crippen MR) is 267 cm³/mol. The van der Waals surface area contributed by atoms with Gasteiger partial charge in [-0.15, -0.1) is 0 Å². The quantitative estimate of drug-likeness (QED) is 0.156. The monoisotopic (exact) mass is 958 g/mol. The first-order chi connectivity index (χ1) is 34.5. The SMILES string of the molecule is CC(C)(C)OC(=O)n1c(-c2ccc3c(c2)CCn2c-3cc(OCC3COCCO3)nc2=O)cc2ccccc21.O=c1nc(OCC2COCCO2)cc2n1CCc1cc(-c3cc4ccccc4[nH]3)ccc1-2. The summed E-state index contributed by atoms with van der Waals surface area (Å²) in [5, 5.41) is 2.14. The Hall–Kier alpha value is -7.37. The van der Waals surface area contributed by atoms with Gasteiger partial charge in [-0.2, -0.15) is 9.97 Å². The molecule has 71 heavy (non-hydrogen) atoms. The Morgan fingerprint density at radius 2 is 1.21 bits per heavy atom. The zero-order valence-electron chi connectivity index (χ0n) is 39.9. The maximum Gasteiger partial charge on any atom is 0.419 e. The van der Waals surface area contributed by atoms with Gasteiger partial charge >= 0.3 is 17.5 Å². The van der Waals surface area contributed by atoms with Crippen molar-refractivity contribution >= 4 is 27.9 Å². The van der Waals surface area contributed by atoms with E-state index in [1.807, 2.05) is 81.4 Å². The molecule has 4 aromatic heterocycles. The van der Waals surface area contributed by atoms with Gasteiger partial charge in [0.1, 0.15) is 31.0 Å². The molecule has 8 aromatic rings. The van der Waals surface area contributed by atoms with Crippen LogP contribution < -0.4 is 20.9 Å². The number of fused-ring (bicyclic) bond motifs is 8. The van der Waals surface area contributed by atoms with Crippen LogP contribution in [0, 0.1) is 0 Å². The topological polar surface area (TPSA) is 172 Å². The lowest BCUT2D eigenvalue weighted by Crippen LogP contribution is -2.34. The number of para-hydroxylation sites is 2. The van der Waals surface area contributed by atoms with Gasteiger partial charge in [-0.1, -0.05) is 60.7 Å². The van der Waals surface area contributed by atoms with E-state index >= 15 is 0 Å². The van der Waals surface area contributed by atoms with E-state index in [-0.39, 0.29) is 36.1 Å². The molecule has 0 bridgehead atoms. The van der Waals surface area contributed by atoms with Gasteiger partial charge in [-0.3, -0.25) is 9.13 Å². The molecule has 2 atom stereocenters. The van der Waals surface area contributed by atoms with Crippen LogP contribution in [0.15, 0.2) is 119 Å². The van der Waals surface area contributed by atoms with E-state index < -0.39 is 11.7 Å². The Labute approximate surface area is 408 Å². The summed E-state index contributed by atoms with van der Waals surface area (Å²) in [5.41, 5.74) is 10.4. The average Bonchev–Trinajstić information content (AvgIpc) is 4.00.